The molecule has 0 atom stereocenters. The fourth-order valence-electron chi connectivity index (χ4n) is 2.31. The lowest BCUT2D eigenvalue weighted by Crippen LogP contribution is -2.29. The second-order valence-corrected chi connectivity index (χ2v) is 5.85. The number of amides is 2. The van der Waals surface area contributed by atoms with Crippen molar-refractivity contribution in [2.45, 2.75) is 26.3 Å². The summed E-state index contributed by atoms with van der Waals surface area (Å²) in [6, 6.07) is 14.8. The van der Waals surface area contributed by atoms with Crippen LogP contribution in [0.15, 0.2) is 48.5 Å². The molecular formula is C20H25N3O3. The fraction of sp³-hybridized carbons (Fsp3) is 0.300. The molecule has 2 amide bonds. The van der Waals surface area contributed by atoms with E-state index >= 15 is 0 Å². The molecule has 0 aliphatic heterocycles. The molecule has 6 heteroatoms. The van der Waals surface area contributed by atoms with Crippen molar-refractivity contribution in [3.63, 3.8) is 0 Å². The Balaban J connectivity index is 1.73. The lowest BCUT2D eigenvalue weighted by atomic mass is 10.2. The maximum absolute atomic E-state index is 11.9. The summed E-state index contributed by atoms with van der Waals surface area (Å²) in [6.45, 7) is 2.61. The molecule has 138 valence electrons. The van der Waals surface area contributed by atoms with Crippen molar-refractivity contribution in [1.82, 2.24) is 5.32 Å². The van der Waals surface area contributed by atoms with E-state index in [1.165, 1.54) is 0 Å². The van der Waals surface area contributed by atoms with Gasteiger partial charge in [-0.15, -0.1) is 0 Å². The first-order chi connectivity index (χ1) is 12.6. The number of nitrogens with one attached hydrogen (secondary N) is 3. The number of carbonyl (C=O) groups is 2. The molecule has 3 N–H and O–H groups in total. The van der Waals surface area contributed by atoms with Gasteiger partial charge in [-0.3, -0.25) is 9.59 Å². The Kier molecular flexibility index (Phi) is 7.49. The van der Waals surface area contributed by atoms with Crippen molar-refractivity contribution in [2.75, 3.05) is 24.3 Å². The van der Waals surface area contributed by atoms with Crippen molar-refractivity contribution in [3.8, 4) is 5.75 Å². The van der Waals surface area contributed by atoms with Crippen molar-refractivity contribution in [3.05, 3.63) is 54.1 Å². The highest BCUT2D eigenvalue weighted by Gasteiger charge is 2.03. The van der Waals surface area contributed by atoms with Gasteiger partial charge in [0.15, 0.2) is 0 Å². The van der Waals surface area contributed by atoms with Gasteiger partial charge in [0.1, 0.15) is 5.75 Å². The molecule has 0 aliphatic carbocycles. The molecular weight excluding hydrogens is 330 g/mol. The second kappa shape index (κ2) is 10.1. The Morgan fingerprint density at radius 3 is 2.19 bits per heavy atom. The topological polar surface area (TPSA) is 79.5 Å². The number of methoxy groups -OCH3 is 1. The first-order valence-electron chi connectivity index (χ1n) is 8.64. The Bertz CT molecular complexity index is 712. The third-order valence-electron chi connectivity index (χ3n) is 3.75. The number of carbonyl (C=O) groups excluding carboxylic acids is 2. The van der Waals surface area contributed by atoms with E-state index in [-0.39, 0.29) is 18.4 Å². The van der Waals surface area contributed by atoms with Crippen molar-refractivity contribution in [1.29, 1.82) is 0 Å². The monoisotopic (exact) mass is 355 g/mol. The van der Waals surface area contributed by atoms with Crippen LogP contribution in [0.25, 0.3) is 0 Å². The average molecular weight is 355 g/mol. The number of anilines is 2. The zero-order valence-corrected chi connectivity index (χ0v) is 15.2. The molecule has 0 heterocycles. The zero-order chi connectivity index (χ0) is 18.8. The minimum Gasteiger partial charge on any atom is -0.497 e. The van der Waals surface area contributed by atoms with E-state index in [9.17, 15) is 9.59 Å². The molecule has 26 heavy (non-hydrogen) atoms. The number of benzene rings is 2. The van der Waals surface area contributed by atoms with Gasteiger partial charge in [0, 0.05) is 24.3 Å². The van der Waals surface area contributed by atoms with Crippen LogP contribution >= 0.6 is 0 Å². The summed E-state index contributed by atoms with van der Waals surface area (Å²) in [4.78, 5) is 23.5. The van der Waals surface area contributed by atoms with Crippen LogP contribution in [-0.2, 0) is 16.1 Å². The van der Waals surface area contributed by atoms with Crippen LogP contribution in [0.4, 0.5) is 11.4 Å². The summed E-state index contributed by atoms with van der Waals surface area (Å²) in [5, 5.41) is 8.75. The van der Waals surface area contributed by atoms with Gasteiger partial charge in [-0.25, -0.2) is 0 Å². The molecule has 0 bridgehead atoms. The van der Waals surface area contributed by atoms with E-state index < -0.39 is 0 Å². The van der Waals surface area contributed by atoms with Crippen molar-refractivity contribution in [2.24, 2.45) is 0 Å². The van der Waals surface area contributed by atoms with Gasteiger partial charge < -0.3 is 20.7 Å². The van der Waals surface area contributed by atoms with E-state index in [0.29, 0.717) is 13.0 Å². The van der Waals surface area contributed by atoms with Gasteiger partial charge in [0.05, 0.1) is 13.7 Å². The molecule has 0 aliphatic rings. The van der Waals surface area contributed by atoms with Gasteiger partial charge in [-0.05, 0) is 48.4 Å². The second-order valence-electron chi connectivity index (χ2n) is 5.85. The van der Waals surface area contributed by atoms with Crippen LogP contribution in [0, 0.1) is 0 Å². The molecule has 0 spiro atoms. The molecule has 0 saturated carbocycles. The van der Waals surface area contributed by atoms with E-state index in [1.807, 2.05) is 55.5 Å². The minimum atomic E-state index is -0.0962. The standard InChI is InChI=1S/C20H25N3O3/c1-3-4-19(24)23-17-9-7-16(8-10-17)21-14-20(25)22-13-15-5-11-18(26-2)12-6-15/h5-12,21H,3-4,13-14H2,1-2H3,(H,22,25)(H,23,24). The van der Waals surface area contributed by atoms with Crippen LogP contribution in [-0.4, -0.2) is 25.5 Å². The molecule has 6 nitrogen and oxygen atoms in total. The SMILES string of the molecule is CCCC(=O)Nc1ccc(NCC(=O)NCc2ccc(OC)cc2)cc1. The van der Waals surface area contributed by atoms with Gasteiger partial charge >= 0.3 is 0 Å². The number of hydrogen-bond acceptors (Lipinski definition) is 4. The Hall–Kier alpha value is -3.02. The summed E-state index contributed by atoms with van der Waals surface area (Å²) >= 11 is 0. The molecule has 2 aromatic carbocycles. The van der Waals surface area contributed by atoms with Crippen molar-refractivity contribution >= 4 is 23.2 Å². The van der Waals surface area contributed by atoms with E-state index in [0.717, 1.165) is 29.1 Å². The maximum atomic E-state index is 11.9. The lowest BCUT2D eigenvalue weighted by Gasteiger charge is -2.09. The number of rotatable bonds is 9. The highest BCUT2D eigenvalue weighted by molar-refractivity contribution is 5.90. The van der Waals surface area contributed by atoms with Crippen LogP contribution in [0.5, 0.6) is 5.75 Å². The number of hydrogen-bond donors (Lipinski definition) is 3. The Morgan fingerprint density at radius 2 is 1.58 bits per heavy atom. The van der Waals surface area contributed by atoms with Gasteiger partial charge in [0.25, 0.3) is 0 Å². The third-order valence-corrected chi connectivity index (χ3v) is 3.75. The lowest BCUT2D eigenvalue weighted by molar-refractivity contribution is -0.119. The predicted molar refractivity (Wildman–Crippen MR) is 103 cm³/mol. The van der Waals surface area contributed by atoms with Crippen LogP contribution < -0.4 is 20.7 Å². The Labute approximate surface area is 153 Å². The Morgan fingerprint density at radius 1 is 0.923 bits per heavy atom. The van der Waals surface area contributed by atoms with Gasteiger partial charge in [0.2, 0.25) is 11.8 Å². The molecule has 2 aromatic rings. The molecule has 0 aromatic heterocycles. The predicted octanol–water partition coefficient (Wildman–Crippen LogP) is 3.16. The van der Waals surface area contributed by atoms with Crippen LogP contribution in [0.1, 0.15) is 25.3 Å². The summed E-state index contributed by atoms with van der Waals surface area (Å²) < 4.78 is 5.10. The molecule has 0 saturated heterocycles. The summed E-state index contributed by atoms with van der Waals surface area (Å²) in [5.41, 5.74) is 2.57. The van der Waals surface area contributed by atoms with Gasteiger partial charge in [-0.2, -0.15) is 0 Å². The highest BCUT2D eigenvalue weighted by Crippen LogP contribution is 2.14. The zero-order valence-electron chi connectivity index (χ0n) is 15.2. The van der Waals surface area contributed by atoms with E-state index in [1.54, 1.807) is 7.11 Å². The smallest absolute Gasteiger partial charge is 0.239 e. The van der Waals surface area contributed by atoms with Crippen molar-refractivity contribution < 1.29 is 14.3 Å². The molecule has 2 rings (SSSR count). The average Bonchev–Trinajstić information content (AvgIpc) is 2.66. The first-order valence-corrected chi connectivity index (χ1v) is 8.64. The quantitative estimate of drug-likeness (QED) is 0.645. The molecule has 0 radical (unpaired) electrons. The van der Waals surface area contributed by atoms with Crippen LogP contribution in [0.2, 0.25) is 0 Å². The summed E-state index contributed by atoms with van der Waals surface area (Å²) in [5.74, 6) is 0.698. The minimum absolute atomic E-state index is 0.00567. The first kappa shape index (κ1) is 19.3. The van der Waals surface area contributed by atoms with E-state index in [4.69, 9.17) is 4.74 Å². The van der Waals surface area contributed by atoms with Crippen LogP contribution in [0.3, 0.4) is 0 Å². The summed E-state index contributed by atoms with van der Waals surface area (Å²) in [6.07, 6.45) is 1.32. The fourth-order valence-corrected chi connectivity index (χ4v) is 2.31. The molecule has 0 fully saturated rings. The van der Waals surface area contributed by atoms with E-state index in [2.05, 4.69) is 16.0 Å². The maximum Gasteiger partial charge on any atom is 0.239 e. The normalized spacial score (nSPS) is 10.1. The van der Waals surface area contributed by atoms with Gasteiger partial charge in [-0.1, -0.05) is 19.1 Å². The largest absolute Gasteiger partial charge is 0.497 e. The summed E-state index contributed by atoms with van der Waals surface area (Å²) in [7, 11) is 1.62. The third kappa shape index (κ3) is 6.47. The highest BCUT2D eigenvalue weighted by atomic mass is 16.5. The number of ether oxygens (including phenoxy) is 1. The molecule has 0 unspecified atom stereocenters.